The summed E-state index contributed by atoms with van der Waals surface area (Å²) < 4.78 is 138. The van der Waals surface area contributed by atoms with Crippen LogP contribution in [0.1, 0.15) is 36.8 Å². The molecule has 1 aliphatic rings. The third-order valence-electron chi connectivity index (χ3n) is 7.03. The number of alkyl halides is 9. The molecule has 1 aliphatic carbocycles. The molecule has 1 fully saturated rings. The van der Waals surface area contributed by atoms with E-state index in [0.29, 0.717) is 31.2 Å². The molecule has 0 spiro atoms. The van der Waals surface area contributed by atoms with Gasteiger partial charge in [-0.1, -0.05) is 12.1 Å². The van der Waals surface area contributed by atoms with Crippen LogP contribution in [-0.4, -0.2) is 55.8 Å². The maximum atomic E-state index is 13.1. The van der Waals surface area contributed by atoms with Crippen molar-refractivity contribution in [3.05, 3.63) is 53.6 Å². The van der Waals surface area contributed by atoms with E-state index in [0.717, 1.165) is 23.7 Å². The Bertz CT molecular complexity index is 1590. The van der Waals surface area contributed by atoms with Gasteiger partial charge in [0.05, 0.1) is 21.5 Å². The van der Waals surface area contributed by atoms with Crippen LogP contribution in [0.5, 0.6) is 0 Å². The maximum absolute atomic E-state index is 13.1. The van der Waals surface area contributed by atoms with E-state index in [2.05, 4.69) is 25.3 Å². The van der Waals surface area contributed by atoms with E-state index in [1.807, 2.05) is 24.3 Å². The van der Waals surface area contributed by atoms with Gasteiger partial charge in [0.25, 0.3) is 0 Å². The number of anilines is 2. The summed E-state index contributed by atoms with van der Waals surface area (Å²) in [5, 5.41) is 14.3. The Morgan fingerprint density at radius 2 is 1.35 bits per heavy atom. The fraction of sp³-hybridized carbons (Fsp3) is 0.444. The van der Waals surface area contributed by atoms with Gasteiger partial charge in [0.15, 0.2) is 0 Å². The van der Waals surface area contributed by atoms with Crippen LogP contribution in [0.2, 0.25) is 0 Å². The minimum Gasteiger partial charge on any atom is -0.475 e. The summed E-state index contributed by atoms with van der Waals surface area (Å²) in [6.45, 7) is 0.518. The second kappa shape index (κ2) is 14.3. The lowest BCUT2D eigenvalue weighted by atomic mass is 9.82. The highest BCUT2D eigenvalue weighted by Gasteiger charge is 2.39. The minimum atomic E-state index is -5.13. The molecule has 1 saturated carbocycles. The molecule has 1 aromatic heterocycles. The number of fused-ring (bicyclic) bond motifs is 1. The molecule has 0 unspecified atom stereocenters. The molecular weight excluding hydrogens is 661 g/mol. The first-order valence-corrected chi connectivity index (χ1v) is 15.0. The molecule has 0 atom stereocenters. The van der Waals surface area contributed by atoms with E-state index in [4.69, 9.17) is 9.90 Å². The van der Waals surface area contributed by atoms with Crippen molar-refractivity contribution in [1.82, 2.24) is 14.7 Å². The lowest BCUT2D eigenvalue weighted by Crippen LogP contribution is -2.32. The predicted octanol–water partition coefficient (Wildman–Crippen LogP) is 6.54. The van der Waals surface area contributed by atoms with Crippen LogP contribution >= 0.6 is 0 Å². The maximum Gasteiger partial charge on any atom is 0.490 e. The number of carbonyl (C=O) groups is 1. The highest BCUT2D eigenvalue weighted by atomic mass is 32.2. The molecule has 9 nitrogen and oxygen atoms in total. The van der Waals surface area contributed by atoms with Gasteiger partial charge in [0, 0.05) is 25.5 Å². The molecule has 4 rings (SSSR count). The van der Waals surface area contributed by atoms with Crippen LogP contribution in [0.25, 0.3) is 10.9 Å². The summed E-state index contributed by atoms with van der Waals surface area (Å²) in [6, 6.07) is 7.93. The van der Waals surface area contributed by atoms with Crippen molar-refractivity contribution in [2.24, 2.45) is 11.8 Å². The topological polar surface area (TPSA) is 133 Å². The first kappa shape index (κ1) is 36.6. The molecule has 1 heterocycles. The SMILES string of the molecule is CNc1nc(NCC2CCC(CNS(=O)(=O)c3cc(C(F)(F)F)cc(C(F)(F)F)c3)CC2)nc2ccccc12.O=C(O)C(F)(F)F. The van der Waals surface area contributed by atoms with Crippen LogP contribution in [0, 0.1) is 11.8 Å². The molecular formula is C27H28F9N5O4S. The van der Waals surface area contributed by atoms with Crippen LogP contribution in [-0.2, 0) is 27.2 Å². The quantitative estimate of drug-likeness (QED) is 0.196. The molecule has 0 amide bonds. The number of benzene rings is 2. The summed E-state index contributed by atoms with van der Waals surface area (Å²) in [4.78, 5) is 16.9. The third kappa shape index (κ3) is 10.1. The number of carboxylic acids is 1. The van der Waals surface area contributed by atoms with Crippen molar-refractivity contribution >= 4 is 38.7 Å². The van der Waals surface area contributed by atoms with E-state index < -0.39 is 50.5 Å². The summed E-state index contributed by atoms with van der Waals surface area (Å²) >= 11 is 0. The van der Waals surface area contributed by atoms with E-state index in [-0.39, 0.29) is 36.6 Å². The number of aliphatic carboxylic acids is 1. The normalized spacial score (nSPS) is 17.6. The van der Waals surface area contributed by atoms with Crippen LogP contribution in [0.15, 0.2) is 47.4 Å². The number of hydrogen-bond acceptors (Lipinski definition) is 7. The highest BCUT2D eigenvalue weighted by molar-refractivity contribution is 7.89. The fourth-order valence-electron chi connectivity index (χ4n) is 4.61. The summed E-state index contributed by atoms with van der Waals surface area (Å²) in [6.07, 6.45) is -12.5. The van der Waals surface area contributed by atoms with Gasteiger partial charge in [-0.05, 0) is 67.9 Å². The average molecular weight is 690 g/mol. The first-order chi connectivity index (χ1) is 21.2. The van der Waals surface area contributed by atoms with Crippen LogP contribution in [0.3, 0.4) is 0 Å². The number of carboxylic acid groups (broad SMARTS) is 1. The third-order valence-corrected chi connectivity index (χ3v) is 8.43. The summed E-state index contributed by atoms with van der Waals surface area (Å²) in [5.74, 6) is -1.41. The molecule has 0 bridgehead atoms. The Labute approximate surface area is 256 Å². The Morgan fingerprint density at radius 1 is 0.848 bits per heavy atom. The number of rotatable bonds is 8. The molecule has 0 saturated heterocycles. The second-order valence-corrected chi connectivity index (χ2v) is 12.1. The number of aromatic nitrogens is 2. The van der Waals surface area contributed by atoms with E-state index in [9.17, 15) is 47.9 Å². The Morgan fingerprint density at radius 3 is 1.83 bits per heavy atom. The predicted molar refractivity (Wildman–Crippen MR) is 148 cm³/mol. The first-order valence-electron chi connectivity index (χ1n) is 13.5. The van der Waals surface area contributed by atoms with Gasteiger partial charge in [-0.25, -0.2) is 22.9 Å². The molecule has 19 heteroatoms. The molecule has 0 aliphatic heterocycles. The van der Waals surface area contributed by atoms with Crippen molar-refractivity contribution in [2.75, 3.05) is 30.8 Å². The number of nitrogens with zero attached hydrogens (tertiary/aromatic N) is 2. The smallest absolute Gasteiger partial charge is 0.475 e. The van der Waals surface area contributed by atoms with Gasteiger partial charge in [-0.2, -0.15) is 44.5 Å². The van der Waals surface area contributed by atoms with Gasteiger partial charge in [0.2, 0.25) is 16.0 Å². The zero-order valence-electron chi connectivity index (χ0n) is 23.8. The van der Waals surface area contributed by atoms with E-state index >= 15 is 0 Å². The molecule has 4 N–H and O–H groups in total. The Hall–Kier alpha value is -3.87. The zero-order valence-corrected chi connectivity index (χ0v) is 24.6. The molecule has 2 aromatic carbocycles. The average Bonchev–Trinajstić information content (AvgIpc) is 2.97. The van der Waals surface area contributed by atoms with Crippen LogP contribution < -0.4 is 15.4 Å². The summed E-state index contributed by atoms with van der Waals surface area (Å²) in [7, 11) is -2.82. The number of sulfonamides is 1. The van der Waals surface area contributed by atoms with Crippen molar-refractivity contribution < 1.29 is 57.8 Å². The van der Waals surface area contributed by atoms with E-state index in [1.165, 1.54) is 0 Å². The van der Waals surface area contributed by atoms with Gasteiger partial charge in [-0.15, -0.1) is 0 Å². The van der Waals surface area contributed by atoms with Crippen molar-refractivity contribution in [1.29, 1.82) is 0 Å². The summed E-state index contributed by atoms with van der Waals surface area (Å²) in [5.41, 5.74) is -2.57. The van der Waals surface area contributed by atoms with Gasteiger partial charge < -0.3 is 15.7 Å². The van der Waals surface area contributed by atoms with Gasteiger partial charge in [-0.3, -0.25) is 0 Å². The van der Waals surface area contributed by atoms with Crippen molar-refractivity contribution in [2.45, 2.75) is 49.1 Å². The lowest BCUT2D eigenvalue weighted by Gasteiger charge is -2.28. The van der Waals surface area contributed by atoms with Crippen molar-refractivity contribution in [3.8, 4) is 0 Å². The number of nitrogens with one attached hydrogen (secondary N) is 3. The minimum absolute atomic E-state index is 0.0839. The fourth-order valence-corrected chi connectivity index (χ4v) is 5.80. The number of para-hydroxylation sites is 1. The zero-order chi connectivity index (χ0) is 34.5. The van der Waals surface area contributed by atoms with E-state index in [1.54, 1.807) is 7.05 Å². The van der Waals surface area contributed by atoms with Crippen LogP contribution in [0.4, 0.5) is 51.3 Å². The standard InChI is InChI=1S/C25H27F6N5O2S.C2HF3O2/c1-32-22-20-4-2-3-5-21(20)35-23(36-22)33-13-15-6-8-16(9-7-15)14-34-39(37,38)19-11-17(24(26,27)28)10-18(12-19)25(29,30)31;3-2(4,5)1(6)7/h2-5,10-12,15-16,34H,6-9,13-14H2,1H3,(H2,32,33,35,36);(H,6,7). The Balaban J connectivity index is 0.000000738. The number of halogens is 9. The molecule has 46 heavy (non-hydrogen) atoms. The van der Waals surface area contributed by atoms with Gasteiger partial charge >= 0.3 is 24.5 Å². The number of hydrogen-bond donors (Lipinski definition) is 4. The molecule has 0 radical (unpaired) electrons. The largest absolute Gasteiger partial charge is 0.490 e. The van der Waals surface area contributed by atoms with Gasteiger partial charge in [0.1, 0.15) is 5.82 Å². The highest BCUT2D eigenvalue weighted by Crippen LogP contribution is 2.37. The second-order valence-electron chi connectivity index (χ2n) is 10.3. The molecule has 3 aromatic rings. The molecule has 254 valence electrons. The lowest BCUT2D eigenvalue weighted by molar-refractivity contribution is -0.192. The monoisotopic (exact) mass is 689 g/mol. The van der Waals surface area contributed by atoms with Crippen molar-refractivity contribution in [3.63, 3.8) is 0 Å². The Kier molecular flexibility index (Phi) is 11.4.